The number of nitrogens with zero attached hydrogens (tertiary/aromatic N) is 1. The van der Waals surface area contributed by atoms with Crippen LogP contribution in [0.25, 0.3) is 0 Å². The maximum Gasteiger partial charge on any atom is 0.123 e. The van der Waals surface area contributed by atoms with Crippen molar-refractivity contribution in [1.29, 1.82) is 0 Å². The van der Waals surface area contributed by atoms with Crippen molar-refractivity contribution < 1.29 is 4.39 Å². The molecule has 1 atom stereocenters. The van der Waals surface area contributed by atoms with E-state index in [9.17, 15) is 4.39 Å². The molecule has 1 unspecified atom stereocenters. The van der Waals surface area contributed by atoms with Gasteiger partial charge in [-0.25, -0.2) is 4.39 Å². The van der Waals surface area contributed by atoms with Gasteiger partial charge in [0.25, 0.3) is 0 Å². The quantitative estimate of drug-likeness (QED) is 0.869. The molecular weight excluding hydrogens is 263 g/mol. The van der Waals surface area contributed by atoms with Crippen LogP contribution in [0.3, 0.4) is 0 Å². The molecule has 0 fully saturated rings. The zero-order valence-electron chi connectivity index (χ0n) is 12.9. The zero-order valence-corrected chi connectivity index (χ0v) is 12.9. The molecule has 2 aromatic rings. The van der Waals surface area contributed by atoms with Gasteiger partial charge in [0.2, 0.25) is 0 Å². The van der Waals surface area contributed by atoms with Gasteiger partial charge in [0.05, 0.1) is 0 Å². The van der Waals surface area contributed by atoms with Crippen molar-refractivity contribution in [3.05, 3.63) is 65.5 Å². The number of hydrogen-bond donors (Lipinski definition) is 1. The van der Waals surface area contributed by atoms with Gasteiger partial charge in [-0.1, -0.05) is 31.2 Å². The minimum atomic E-state index is -0.199. The fraction of sp³-hybridized carbons (Fsp3) is 0.333. The highest BCUT2D eigenvalue weighted by molar-refractivity contribution is 5.46. The molecule has 0 amide bonds. The molecule has 2 rings (SSSR count). The van der Waals surface area contributed by atoms with E-state index in [1.54, 1.807) is 12.1 Å². The summed E-state index contributed by atoms with van der Waals surface area (Å²) in [7, 11) is 3.99. The number of anilines is 1. The van der Waals surface area contributed by atoms with Crippen molar-refractivity contribution in [2.45, 2.75) is 19.4 Å². The Morgan fingerprint density at radius 3 is 2.24 bits per heavy atom. The molecule has 2 nitrogen and oxygen atoms in total. The highest BCUT2D eigenvalue weighted by Crippen LogP contribution is 2.18. The number of halogens is 1. The number of likely N-dealkylation sites (N-methyl/N-ethyl adjacent to an activating group) is 1. The molecule has 0 saturated carbocycles. The minimum absolute atomic E-state index is 0.199. The average molecular weight is 286 g/mol. The number of nitrogens with one attached hydrogen (secondary N) is 1. The first kappa shape index (κ1) is 15.5. The molecular formula is C18H23FN2. The van der Waals surface area contributed by atoms with Gasteiger partial charge in [-0.15, -0.1) is 0 Å². The van der Waals surface area contributed by atoms with E-state index in [0.29, 0.717) is 5.92 Å². The molecule has 0 aliphatic carbocycles. The highest BCUT2D eigenvalue weighted by Gasteiger charge is 2.06. The van der Waals surface area contributed by atoms with Crippen molar-refractivity contribution in [1.82, 2.24) is 5.32 Å². The molecule has 1 N–H and O–H groups in total. The van der Waals surface area contributed by atoms with Crippen molar-refractivity contribution >= 4 is 5.69 Å². The minimum Gasteiger partial charge on any atom is -0.370 e. The molecule has 3 heteroatoms. The Hall–Kier alpha value is -1.87. The fourth-order valence-electron chi connectivity index (χ4n) is 2.44. The highest BCUT2D eigenvalue weighted by atomic mass is 19.1. The Morgan fingerprint density at radius 2 is 1.67 bits per heavy atom. The molecule has 0 bridgehead atoms. The van der Waals surface area contributed by atoms with E-state index in [1.165, 1.54) is 23.3 Å². The van der Waals surface area contributed by atoms with Crippen LogP contribution in [0.5, 0.6) is 0 Å². The predicted molar refractivity (Wildman–Crippen MR) is 87.3 cm³/mol. The second kappa shape index (κ2) is 7.23. The van der Waals surface area contributed by atoms with E-state index in [-0.39, 0.29) is 5.82 Å². The molecule has 0 radical (unpaired) electrons. The Kier molecular flexibility index (Phi) is 5.34. The predicted octanol–water partition coefficient (Wildman–Crippen LogP) is 3.79. The van der Waals surface area contributed by atoms with Gasteiger partial charge in [-0.05, 0) is 48.4 Å². The lowest BCUT2D eigenvalue weighted by atomic mass is 10.00. The van der Waals surface area contributed by atoms with Gasteiger partial charge in [0.15, 0.2) is 0 Å². The molecule has 0 aromatic heterocycles. The van der Waals surface area contributed by atoms with Crippen LogP contribution in [0, 0.1) is 5.82 Å². The standard InChI is InChI=1S/C18H23FN2/c1-14(12-20-2)16-6-4-15(5-7-16)13-21(3)18-10-8-17(19)9-11-18/h4-11,14,20H,12-13H2,1-3H3. The van der Waals surface area contributed by atoms with E-state index in [1.807, 2.05) is 14.1 Å². The summed E-state index contributed by atoms with van der Waals surface area (Å²) in [4.78, 5) is 2.12. The second-order valence-corrected chi connectivity index (χ2v) is 5.53. The molecule has 0 aliphatic heterocycles. The summed E-state index contributed by atoms with van der Waals surface area (Å²) < 4.78 is 12.9. The van der Waals surface area contributed by atoms with Crippen LogP contribution in [-0.2, 0) is 6.54 Å². The third-order valence-electron chi connectivity index (χ3n) is 3.75. The first-order chi connectivity index (χ1) is 10.1. The Balaban J connectivity index is 2.01. The van der Waals surface area contributed by atoms with E-state index in [4.69, 9.17) is 0 Å². The zero-order chi connectivity index (χ0) is 15.2. The summed E-state index contributed by atoms with van der Waals surface area (Å²) in [5.74, 6) is 0.314. The lowest BCUT2D eigenvalue weighted by Gasteiger charge is -2.20. The maximum atomic E-state index is 12.9. The first-order valence-electron chi connectivity index (χ1n) is 7.30. The summed E-state index contributed by atoms with van der Waals surface area (Å²) in [6.45, 7) is 4.01. The molecule has 0 aliphatic rings. The van der Waals surface area contributed by atoms with Crippen molar-refractivity contribution in [2.24, 2.45) is 0 Å². The number of benzene rings is 2. The van der Waals surface area contributed by atoms with Crippen molar-refractivity contribution in [2.75, 3.05) is 25.5 Å². The van der Waals surface area contributed by atoms with Crippen LogP contribution in [0.2, 0.25) is 0 Å². The maximum absolute atomic E-state index is 12.9. The lowest BCUT2D eigenvalue weighted by Crippen LogP contribution is -2.17. The summed E-state index contributed by atoms with van der Waals surface area (Å²) in [6.07, 6.45) is 0. The van der Waals surface area contributed by atoms with Crippen LogP contribution in [0.1, 0.15) is 24.0 Å². The Morgan fingerprint density at radius 1 is 1.05 bits per heavy atom. The molecule has 21 heavy (non-hydrogen) atoms. The summed E-state index contributed by atoms with van der Waals surface area (Å²) in [5, 5.41) is 3.20. The second-order valence-electron chi connectivity index (χ2n) is 5.53. The van der Waals surface area contributed by atoms with Crippen LogP contribution in [-0.4, -0.2) is 20.6 Å². The van der Waals surface area contributed by atoms with Gasteiger partial charge >= 0.3 is 0 Å². The van der Waals surface area contributed by atoms with Gasteiger partial charge in [-0.3, -0.25) is 0 Å². The van der Waals surface area contributed by atoms with E-state index < -0.39 is 0 Å². The first-order valence-corrected chi connectivity index (χ1v) is 7.30. The molecule has 112 valence electrons. The normalized spacial score (nSPS) is 12.2. The molecule has 0 saturated heterocycles. The van der Waals surface area contributed by atoms with Crippen LogP contribution in [0.4, 0.5) is 10.1 Å². The Labute approximate surface area is 126 Å². The fourth-order valence-corrected chi connectivity index (χ4v) is 2.44. The van der Waals surface area contributed by atoms with Crippen LogP contribution >= 0.6 is 0 Å². The number of hydrogen-bond acceptors (Lipinski definition) is 2. The monoisotopic (exact) mass is 286 g/mol. The average Bonchev–Trinajstić information content (AvgIpc) is 2.49. The van der Waals surface area contributed by atoms with E-state index in [2.05, 4.69) is 41.4 Å². The van der Waals surface area contributed by atoms with Crippen LogP contribution < -0.4 is 10.2 Å². The topological polar surface area (TPSA) is 15.3 Å². The molecule has 2 aromatic carbocycles. The van der Waals surface area contributed by atoms with Crippen LogP contribution in [0.15, 0.2) is 48.5 Å². The smallest absolute Gasteiger partial charge is 0.123 e. The van der Waals surface area contributed by atoms with Gasteiger partial charge in [0, 0.05) is 25.8 Å². The van der Waals surface area contributed by atoms with Gasteiger partial charge in [-0.2, -0.15) is 0 Å². The molecule has 0 spiro atoms. The summed E-state index contributed by atoms with van der Waals surface area (Å²) in [6, 6.07) is 15.3. The third kappa shape index (κ3) is 4.30. The third-order valence-corrected chi connectivity index (χ3v) is 3.75. The largest absolute Gasteiger partial charge is 0.370 e. The van der Waals surface area contributed by atoms with Gasteiger partial charge in [0.1, 0.15) is 5.82 Å². The number of rotatable bonds is 6. The summed E-state index contributed by atoms with van der Waals surface area (Å²) in [5.41, 5.74) is 3.61. The van der Waals surface area contributed by atoms with Crippen molar-refractivity contribution in [3.8, 4) is 0 Å². The summed E-state index contributed by atoms with van der Waals surface area (Å²) >= 11 is 0. The van der Waals surface area contributed by atoms with Gasteiger partial charge < -0.3 is 10.2 Å². The molecule has 0 heterocycles. The lowest BCUT2D eigenvalue weighted by molar-refractivity contribution is 0.627. The Bertz CT molecular complexity index is 548. The van der Waals surface area contributed by atoms with E-state index >= 15 is 0 Å². The van der Waals surface area contributed by atoms with Crippen molar-refractivity contribution in [3.63, 3.8) is 0 Å². The van der Waals surface area contributed by atoms with E-state index in [0.717, 1.165) is 18.8 Å². The SMILES string of the molecule is CNCC(C)c1ccc(CN(C)c2ccc(F)cc2)cc1.